The van der Waals surface area contributed by atoms with E-state index in [9.17, 15) is 19.2 Å². The number of Topliss-reactive ketones (excluding diaryl/α,β-unsaturated/α-hetero) is 1. The van der Waals surface area contributed by atoms with Crippen molar-refractivity contribution in [3.63, 3.8) is 0 Å². The van der Waals surface area contributed by atoms with Gasteiger partial charge in [-0.3, -0.25) is 19.2 Å². The van der Waals surface area contributed by atoms with Gasteiger partial charge in [0.15, 0.2) is 5.78 Å². The molecule has 0 aromatic heterocycles. The minimum atomic E-state index is -0.755. The Morgan fingerprint density at radius 2 is 1.77 bits per heavy atom. The number of amides is 3. The molecule has 2 heterocycles. The Hall–Kier alpha value is -2.94. The second-order valence-electron chi connectivity index (χ2n) is 10.3. The first-order valence-electron chi connectivity index (χ1n) is 12.5. The smallest absolute Gasteiger partial charge is 0.251 e. The molecule has 0 aliphatic carbocycles. The minimum absolute atomic E-state index is 0.0191. The monoisotopic (exact) mass is 485 g/mol. The number of hydrogen-bond acceptors (Lipinski definition) is 6. The molecule has 2 fully saturated rings. The summed E-state index contributed by atoms with van der Waals surface area (Å²) in [6.07, 6.45) is 2.32. The van der Waals surface area contributed by atoms with Crippen LogP contribution in [0.4, 0.5) is 5.69 Å². The third-order valence-corrected chi connectivity index (χ3v) is 6.86. The van der Waals surface area contributed by atoms with Crippen LogP contribution < -0.4 is 16.0 Å². The summed E-state index contributed by atoms with van der Waals surface area (Å²) in [6.45, 7) is 6.28. The molecule has 0 unspecified atom stereocenters. The predicted molar refractivity (Wildman–Crippen MR) is 135 cm³/mol. The third kappa shape index (κ3) is 5.83. The first-order chi connectivity index (χ1) is 16.5. The van der Waals surface area contributed by atoms with Crippen LogP contribution in [0.3, 0.4) is 0 Å². The Morgan fingerprint density at radius 3 is 2.34 bits per heavy atom. The van der Waals surface area contributed by atoms with E-state index in [2.05, 4.69) is 5.32 Å². The van der Waals surface area contributed by atoms with Gasteiger partial charge in [-0.1, -0.05) is 27.2 Å². The van der Waals surface area contributed by atoms with Crippen LogP contribution in [-0.4, -0.2) is 84.7 Å². The third-order valence-electron chi connectivity index (χ3n) is 6.86. The van der Waals surface area contributed by atoms with Crippen molar-refractivity contribution in [1.82, 2.24) is 15.1 Å². The first-order valence-corrected chi connectivity index (χ1v) is 12.5. The van der Waals surface area contributed by atoms with Gasteiger partial charge in [0.1, 0.15) is 12.1 Å². The molecular weight excluding hydrogens is 446 g/mol. The van der Waals surface area contributed by atoms with E-state index in [4.69, 9.17) is 5.73 Å². The molecule has 35 heavy (non-hydrogen) atoms. The average molecular weight is 486 g/mol. The summed E-state index contributed by atoms with van der Waals surface area (Å²) >= 11 is 0. The predicted octanol–water partition coefficient (Wildman–Crippen LogP) is 1.41. The summed E-state index contributed by atoms with van der Waals surface area (Å²) in [6, 6.07) is 4.75. The Labute approximate surface area is 208 Å². The largest absolute Gasteiger partial charge is 0.378 e. The molecule has 3 amide bonds. The van der Waals surface area contributed by atoms with Gasteiger partial charge in [0.2, 0.25) is 11.8 Å². The number of rotatable bonds is 9. The molecular formula is C26H39N5O4. The van der Waals surface area contributed by atoms with E-state index in [1.54, 1.807) is 21.9 Å². The molecule has 9 nitrogen and oxygen atoms in total. The number of hydrogen-bond donors (Lipinski definition) is 2. The van der Waals surface area contributed by atoms with Gasteiger partial charge < -0.3 is 25.8 Å². The van der Waals surface area contributed by atoms with Crippen molar-refractivity contribution in [3.05, 3.63) is 29.8 Å². The molecule has 9 heteroatoms. The van der Waals surface area contributed by atoms with Gasteiger partial charge in [0, 0.05) is 31.9 Å². The molecule has 3 N–H and O–H groups in total. The van der Waals surface area contributed by atoms with Gasteiger partial charge in [0.25, 0.3) is 5.91 Å². The maximum absolute atomic E-state index is 13.6. The number of nitrogens with two attached hydrogens (primary N) is 1. The van der Waals surface area contributed by atoms with Crippen molar-refractivity contribution >= 4 is 29.2 Å². The number of ketones is 1. The highest BCUT2D eigenvalue weighted by atomic mass is 16.2. The van der Waals surface area contributed by atoms with E-state index in [0.29, 0.717) is 31.4 Å². The summed E-state index contributed by atoms with van der Waals surface area (Å²) in [4.78, 5) is 57.4. The summed E-state index contributed by atoms with van der Waals surface area (Å²) in [7, 11) is 3.85. The molecule has 2 aliphatic rings. The molecule has 0 spiro atoms. The summed E-state index contributed by atoms with van der Waals surface area (Å²) in [5.41, 5.74) is 7.47. The topological polar surface area (TPSA) is 116 Å². The highest BCUT2D eigenvalue weighted by Gasteiger charge is 2.52. The molecule has 0 bridgehead atoms. The normalized spacial score (nSPS) is 21.2. The summed E-state index contributed by atoms with van der Waals surface area (Å²) in [5.74, 6) is -0.819. The quantitative estimate of drug-likeness (QED) is 0.546. The zero-order valence-corrected chi connectivity index (χ0v) is 21.5. The van der Waals surface area contributed by atoms with Crippen molar-refractivity contribution in [3.8, 4) is 0 Å². The average Bonchev–Trinajstić information content (AvgIpc) is 3.39. The zero-order valence-electron chi connectivity index (χ0n) is 21.5. The van der Waals surface area contributed by atoms with E-state index in [0.717, 1.165) is 12.1 Å². The Bertz CT molecular complexity index is 946. The number of benzene rings is 1. The number of nitrogens with one attached hydrogen (secondary N) is 1. The highest BCUT2D eigenvalue weighted by Crippen LogP contribution is 2.31. The Morgan fingerprint density at radius 1 is 1.11 bits per heavy atom. The standard InChI is InChI=1S/C26H39N5O4/c1-6-7-19(27)25(34)31-15-22(32)23-21(31)12-13-30(23)26(35)20(14-16(2)3)28-24(33)17-8-10-18(11-9-17)29(4)5/h8-11,16,19-21,23H,6-7,12-15,27H2,1-5H3,(H,28,33)/t19-,20-,21+,23-/m0/s1. The molecule has 2 saturated heterocycles. The van der Waals surface area contributed by atoms with Gasteiger partial charge in [-0.25, -0.2) is 0 Å². The molecule has 4 atom stereocenters. The van der Waals surface area contributed by atoms with Gasteiger partial charge >= 0.3 is 0 Å². The fraction of sp³-hybridized carbons (Fsp3) is 0.615. The molecule has 2 aliphatic heterocycles. The van der Waals surface area contributed by atoms with Crippen molar-refractivity contribution in [1.29, 1.82) is 0 Å². The van der Waals surface area contributed by atoms with Crippen LogP contribution in [0.2, 0.25) is 0 Å². The number of likely N-dealkylation sites (tertiary alicyclic amines) is 2. The SMILES string of the molecule is CCC[C@H](N)C(=O)N1CC(=O)[C@@H]2[C@H]1CCN2C(=O)[C@H](CC(C)C)NC(=O)c1ccc(N(C)C)cc1. The fourth-order valence-corrected chi connectivity index (χ4v) is 5.05. The second kappa shape index (κ2) is 11.2. The molecule has 0 saturated carbocycles. The van der Waals surface area contributed by atoms with Crippen molar-refractivity contribution in [2.24, 2.45) is 11.7 Å². The number of carbonyl (C=O) groups excluding carboxylic acids is 4. The van der Waals surface area contributed by atoms with Crippen LogP contribution in [0.25, 0.3) is 0 Å². The van der Waals surface area contributed by atoms with E-state index in [-0.39, 0.29) is 42.0 Å². The van der Waals surface area contributed by atoms with Crippen molar-refractivity contribution in [2.75, 3.05) is 32.1 Å². The molecule has 192 valence electrons. The number of carbonyl (C=O) groups is 4. The number of nitrogens with zero attached hydrogens (tertiary/aromatic N) is 3. The molecule has 1 aromatic carbocycles. The van der Waals surface area contributed by atoms with Gasteiger partial charge in [0.05, 0.1) is 18.6 Å². The van der Waals surface area contributed by atoms with Crippen LogP contribution in [0.5, 0.6) is 0 Å². The van der Waals surface area contributed by atoms with Crippen molar-refractivity contribution < 1.29 is 19.2 Å². The van der Waals surface area contributed by atoms with Crippen LogP contribution in [-0.2, 0) is 14.4 Å². The maximum atomic E-state index is 13.6. The summed E-state index contributed by atoms with van der Waals surface area (Å²) in [5, 5.41) is 2.90. The molecule has 1 aromatic rings. The lowest BCUT2D eigenvalue weighted by Crippen LogP contribution is -2.53. The minimum Gasteiger partial charge on any atom is -0.378 e. The molecule has 3 rings (SSSR count). The Kier molecular flexibility index (Phi) is 8.53. The second-order valence-corrected chi connectivity index (χ2v) is 10.3. The maximum Gasteiger partial charge on any atom is 0.251 e. The first kappa shape index (κ1) is 26.7. The van der Waals surface area contributed by atoms with E-state index < -0.39 is 18.1 Å². The molecule has 0 radical (unpaired) electrons. The van der Waals surface area contributed by atoms with Crippen LogP contribution in [0, 0.1) is 5.92 Å². The van der Waals surface area contributed by atoms with Crippen LogP contribution in [0.1, 0.15) is 56.8 Å². The van der Waals surface area contributed by atoms with E-state index in [1.807, 2.05) is 51.9 Å². The lowest BCUT2D eigenvalue weighted by atomic mass is 10.0. The van der Waals surface area contributed by atoms with Crippen LogP contribution >= 0.6 is 0 Å². The van der Waals surface area contributed by atoms with Gasteiger partial charge in [-0.2, -0.15) is 0 Å². The van der Waals surface area contributed by atoms with E-state index >= 15 is 0 Å². The van der Waals surface area contributed by atoms with Crippen LogP contribution in [0.15, 0.2) is 24.3 Å². The van der Waals surface area contributed by atoms with Gasteiger partial charge in [-0.05, 0) is 49.4 Å². The van der Waals surface area contributed by atoms with Gasteiger partial charge in [-0.15, -0.1) is 0 Å². The van der Waals surface area contributed by atoms with Crippen molar-refractivity contribution in [2.45, 2.75) is 70.6 Å². The lowest BCUT2D eigenvalue weighted by Gasteiger charge is -2.29. The lowest BCUT2D eigenvalue weighted by molar-refractivity contribution is -0.138. The Balaban J connectivity index is 1.75. The zero-order chi connectivity index (χ0) is 25.9. The fourth-order valence-electron chi connectivity index (χ4n) is 5.05. The highest BCUT2D eigenvalue weighted by molar-refractivity contribution is 6.01. The number of fused-ring (bicyclic) bond motifs is 1. The van der Waals surface area contributed by atoms with E-state index in [1.165, 1.54) is 0 Å². The summed E-state index contributed by atoms with van der Waals surface area (Å²) < 4.78 is 0. The number of anilines is 1.